The monoisotopic (exact) mass is 347 g/mol. The summed E-state index contributed by atoms with van der Waals surface area (Å²) in [5, 5.41) is 2.91. The third kappa shape index (κ3) is 3.35. The molecule has 2 aromatic heterocycles. The Labute approximate surface area is 150 Å². The van der Waals surface area contributed by atoms with E-state index < -0.39 is 6.10 Å². The van der Waals surface area contributed by atoms with Crippen LogP contribution < -0.4 is 14.8 Å². The molecule has 0 saturated heterocycles. The molecule has 1 N–H and O–H groups in total. The van der Waals surface area contributed by atoms with E-state index in [1.54, 1.807) is 24.7 Å². The van der Waals surface area contributed by atoms with E-state index in [4.69, 9.17) is 9.47 Å². The Bertz CT molecular complexity index is 915. The van der Waals surface area contributed by atoms with Gasteiger partial charge in [-0.15, -0.1) is 0 Å². The van der Waals surface area contributed by atoms with Crippen molar-refractivity contribution in [3.8, 4) is 22.8 Å². The summed E-state index contributed by atoms with van der Waals surface area (Å²) in [7, 11) is 0. The van der Waals surface area contributed by atoms with Crippen molar-refractivity contribution in [3.05, 3.63) is 72.7 Å². The van der Waals surface area contributed by atoms with Crippen molar-refractivity contribution in [3.63, 3.8) is 0 Å². The van der Waals surface area contributed by atoms with Gasteiger partial charge in [0.25, 0.3) is 5.91 Å². The topological polar surface area (TPSA) is 73.3 Å². The highest BCUT2D eigenvalue weighted by Crippen LogP contribution is 2.30. The second-order valence-corrected chi connectivity index (χ2v) is 5.83. The molecule has 130 valence electrons. The minimum absolute atomic E-state index is 0.186. The molecule has 0 bridgehead atoms. The summed E-state index contributed by atoms with van der Waals surface area (Å²) >= 11 is 0. The summed E-state index contributed by atoms with van der Waals surface area (Å²) in [6.07, 6.45) is 4.51. The van der Waals surface area contributed by atoms with Crippen molar-refractivity contribution in [2.24, 2.45) is 0 Å². The number of nitrogens with zero attached hydrogens (tertiary/aromatic N) is 2. The van der Waals surface area contributed by atoms with Crippen molar-refractivity contribution < 1.29 is 14.3 Å². The van der Waals surface area contributed by atoms with E-state index in [-0.39, 0.29) is 12.5 Å². The second kappa shape index (κ2) is 7.23. The molecule has 1 aliphatic rings. The number of fused-ring (bicyclic) bond motifs is 1. The fourth-order valence-corrected chi connectivity index (χ4v) is 2.79. The number of carbonyl (C=O) groups excluding carboxylic acids is 1. The van der Waals surface area contributed by atoms with Crippen molar-refractivity contribution in [2.75, 3.05) is 6.61 Å². The summed E-state index contributed by atoms with van der Waals surface area (Å²) < 4.78 is 11.3. The zero-order valence-electron chi connectivity index (χ0n) is 14.0. The van der Waals surface area contributed by atoms with E-state index in [9.17, 15) is 4.79 Å². The molecule has 6 heteroatoms. The largest absolute Gasteiger partial charge is 0.485 e. The fraction of sp³-hybridized carbons (Fsp3) is 0.150. The first-order chi connectivity index (χ1) is 12.8. The van der Waals surface area contributed by atoms with Gasteiger partial charge in [-0.2, -0.15) is 0 Å². The number of hydrogen-bond donors (Lipinski definition) is 1. The molecular formula is C20H17N3O3. The molecule has 1 atom stereocenters. The Morgan fingerprint density at radius 3 is 2.77 bits per heavy atom. The minimum atomic E-state index is -0.677. The molecule has 3 heterocycles. The predicted molar refractivity (Wildman–Crippen MR) is 95.7 cm³/mol. The quantitative estimate of drug-likeness (QED) is 0.785. The van der Waals surface area contributed by atoms with Gasteiger partial charge in [-0.25, -0.2) is 0 Å². The lowest BCUT2D eigenvalue weighted by molar-refractivity contribution is -0.130. The highest BCUT2D eigenvalue weighted by molar-refractivity contribution is 5.82. The lowest BCUT2D eigenvalue weighted by Gasteiger charge is -2.25. The van der Waals surface area contributed by atoms with Crippen LogP contribution in [0.4, 0.5) is 0 Å². The number of aromatic nitrogens is 2. The number of pyridine rings is 2. The predicted octanol–water partition coefficient (Wildman–Crippen LogP) is 2.60. The molecule has 0 saturated carbocycles. The maximum atomic E-state index is 12.5. The standard InChI is InChI=1S/C20H17N3O3/c24-20(18-13-25-16-7-1-2-8-17(16)26-18)23-12-15-6-4-10-22-19(15)14-5-3-9-21-11-14/h1-11,18H,12-13H2,(H,23,24). The molecule has 1 amide bonds. The smallest absolute Gasteiger partial charge is 0.264 e. The van der Waals surface area contributed by atoms with E-state index in [0.29, 0.717) is 18.0 Å². The molecule has 0 fully saturated rings. The molecule has 0 radical (unpaired) electrons. The number of amides is 1. The van der Waals surface area contributed by atoms with Crippen LogP contribution >= 0.6 is 0 Å². The van der Waals surface area contributed by atoms with Crippen molar-refractivity contribution in [1.82, 2.24) is 15.3 Å². The van der Waals surface area contributed by atoms with Gasteiger partial charge in [-0.05, 0) is 35.9 Å². The van der Waals surface area contributed by atoms with E-state index in [0.717, 1.165) is 16.8 Å². The third-order valence-electron chi connectivity index (χ3n) is 4.08. The third-order valence-corrected chi connectivity index (χ3v) is 4.08. The van der Waals surface area contributed by atoms with Crippen molar-refractivity contribution >= 4 is 5.91 Å². The van der Waals surface area contributed by atoms with Gasteiger partial charge < -0.3 is 14.8 Å². The normalized spacial score (nSPS) is 15.3. The van der Waals surface area contributed by atoms with Gasteiger partial charge in [0.05, 0.1) is 5.69 Å². The highest BCUT2D eigenvalue weighted by atomic mass is 16.6. The summed E-state index contributed by atoms with van der Waals surface area (Å²) in [6, 6.07) is 14.9. The van der Waals surface area contributed by atoms with Gasteiger partial charge in [0, 0.05) is 30.7 Å². The maximum absolute atomic E-state index is 12.5. The number of ether oxygens (including phenoxy) is 2. The number of nitrogens with one attached hydrogen (secondary N) is 1. The molecule has 26 heavy (non-hydrogen) atoms. The van der Waals surface area contributed by atoms with E-state index in [1.807, 2.05) is 42.5 Å². The molecule has 4 rings (SSSR count). The molecule has 1 aliphatic heterocycles. The number of benzene rings is 1. The average Bonchev–Trinajstić information content (AvgIpc) is 2.72. The van der Waals surface area contributed by atoms with Crippen LogP contribution in [0.25, 0.3) is 11.3 Å². The van der Waals surface area contributed by atoms with Crippen molar-refractivity contribution in [1.29, 1.82) is 0 Å². The molecule has 0 aliphatic carbocycles. The van der Waals surface area contributed by atoms with Crippen molar-refractivity contribution in [2.45, 2.75) is 12.6 Å². The van der Waals surface area contributed by atoms with Gasteiger partial charge in [0.2, 0.25) is 6.10 Å². The van der Waals surface area contributed by atoms with Crippen LogP contribution in [0, 0.1) is 0 Å². The van der Waals surface area contributed by atoms with Gasteiger partial charge >= 0.3 is 0 Å². The molecular weight excluding hydrogens is 330 g/mol. The van der Waals surface area contributed by atoms with E-state index >= 15 is 0 Å². The lowest BCUT2D eigenvalue weighted by Crippen LogP contribution is -2.43. The zero-order chi connectivity index (χ0) is 17.8. The Hall–Kier alpha value is -3.41. The van der Waals surface area contributed by atoms with Gasteiger partial charge in [-0.3, -0.25) is 14.8 Å². The Morgan fingerprint density at radius 1 is 1.08 bits per heavy atom. The number of carbonyl (C=O) groups is 1. The fourth-order valence-electron chi connectivity index (χ4n) is 2.79. The van der Waals surface area contributed by atoms with Crippen LogP contribution in [-0.2, 0) is 11.3 Å². The zero-order valence-corrected chi connectivity index (χ0v) is 14.0. The second-order valence-electron chi connectivity index (χ2n) is 5.83. The van der Waals surface area contributed by atoms with E-state index in [1.165, 1.54) is 0 Å². The lowest BCUT2D eigenvalue weighted by atomic mass is 10.1. The maximum Gasteiger partial charge on any atom is 0.264 e. The molecule has 1 aromatic carbocycles. The van der Waals surface area contributed by atoms with E-state index in [2.05, 4.69) is 15.3 Å². The Morgan fingerprint density at radius 2 is 1.92 bits per heavy atom. The molecule has 6 nitrogen and oxygen atoms in total. The van der Waals surface area contributed by atoms with Crippen LogP contribution in [0.15, 0.2) is 67.1 Å². The first-order valence-electron chi connectivity index (χ1n) is 8.32. The molecule has 1 unspecified atom stereocenters. The number of para-hydroxylation sites is 2. The van der Waals surface area contributed by atoms with Crippen LogP contribution in [0.2, 0.25) is 0 Å². The van der Waals surface area contributed by atoms with Gasteiger partial charge in [-0.1, -0.05) is 18.2 Å². The summed E-state index contributed by atoms with van der Waals surface area (Å²) in [6.45, 7) is 0.532. The first kappa shape index (κ1) is 16.1. The number of hydrogen-bond acceptors (Lipinski definition) is 5. The first-order valence-corrected chi connectivity index (χ1v) is 8.32. The number of rotatable bonds is 4. The Balaban J connectivity index is 1.45. The summed E-state index contributed by atoms with van der Waals surface area (Å²) in [4.78, 5) is 21.0. The van der Waals surface area contributed by atoms with Gasteiger partial charge in [0.15, 0.2) is 11.5 Å². The molecule has 3 aromatic rings. The summed E-state index contributed by atoms with van der Waals surface area (Å²) in [5.74, 6) is 1.01. The minimum Gasteiger partial charge on any atom is -0.485 e. The van der Waals surface area contributed by atoms with Crippen LogP contribution in [0.3, 0.4) is 0 Å². The highest BCUT2D eigenvalue weighted by Gasteiger charge is 2.27. The van der Waals surface area contributed by atoms with Crippen LogP contribution in [-0.4, -0.2) is 28.6 Å². The van der Waals surface area contributed by atoms with Gasteiger partial charge in [0.1, 0.15) is 6.61 Å². The van der Waals surface area contributed by atoms with Crippen LogP contribution in [0.5, 0.6) is 11.5 Å². The van der Waals surface area contributed by atoms with Crippen LogP contribution in [0.1, 0.15) is 5.56 Å². The Kier molecular flexibility index (Phi) is 4.47. The molecule has 0 spiro atoms. The summed E-state index contributed by atoms with van der Waals surface area (Å²) in [5.41, 5.74) is 2.61. The SMILES string of the molecule is O=C(NCc1cccnc1-c1cccnc1)C1COc2ccccc2O1. The average molecular weight is 347 g/mol.